The Balaban J connectivity index is 1.18. The molecule has 2 fully saturated rings. The van der Waals surface area contributed by atoms with Crippen LogP contribution < -0.4 is 4.74 Å². The fourth-order valence-electron chi connectivity index (χ4n) is 5.37. The number of benzene rings is 2. The molecule has 178 valence electrons. The number of pyridine rings is 1. The van der Waals surface area contributed by atoms with Crippen LogP contribution in [0.5, 0.6) is 5.75 Å². The van der Waals surface area contributed by atoms with E-state index in [9.17, 15) is 4.79 Å². The first-order valence-corrected chi connectivity index (χ1v) is 12.6. The van der Waals surface area contributed by atoms with Crippen molar-refractivity contribution in [2.45, 2.75) is 39.7 Å². The summed E-state index contributed by atoms with van der Waals surface area (Å²) >= 11 is 0. The molecule has 3 aromatic rings. The Bertz CT molecular complexity index is 1150. The van der Waals surface area contributed by atoms with Gasteiger partial charge in [0.05, 0.1) is 12.1 Å². The number of para-hydroxylation sites is 2. The number of rotatable bonds is 6. The Morgan fingerprint density at radius 2 is 1.71 bits per heavy atom. The molecule has 2 aliphatic rings. The maximum atomic E-state index is 13.1. The van der Waals surface area contributed by atoms with Crippen LogP contribution in [-0.4, -0.2) is 53.5 Å². The van der Waals surface area contributed by atoms with Crippen molar-refractivity contribution in [2.24, 2.45) is 11.3 Å². The molecule has 5 rings (SSSR count). The summed E-state index contributed by atoms with van der Waals surface area (Å²) in [7, 11) is 0. The molecule has 2 saturated heterocycles. The lowest BCUT2D eigenvalue weighted by Gasteiger charge is -2.39. The molecule has 0 bridgehead atoms. The van der Waals surface area contributed by atoms with E-state index in [4.69, 9.17) is 4.74 Å². The molecule has 1 amide bonds. The minimum atomic E-state index is 0.0617. The average Bonchev–Trinajstić information content (AvgIpc) is 3.25. The van der Waals surface area contributed by atoms with Gasteiger partial charge in [0.1, 0.15) is 11.4 Å². The third-order valence-electron chi connectivity index (χ3n) is 7.38. The molecule has 0 atom stereocenters. The number of ether oxygens (including phenoxy) is 1. The van der Waals surface area contributed by atoms with Gasteiger partial charge in [0.25, 0.3) is 5.91 Å². The first kappa shape index (κ1) is 22.9. The van der Waals surface area contributed by atoms with Gasteiger partial charge in [-0.15, -0.1) is 0 Å². The van der Waals surface area contributed by atoms with Gasteiger partial charge in [-0.25, -0.2) is 4.98 Å². The molecule has 0 unspecified atom stereocenters. The Labute approximate surface area is 202 Å². The average molecular weight is 458 g/mol. The van der Waals surface area contributed by atoms with Crippen LogP contribution in [0.3, 0.4) is 0 Å². The van der Waals surface area contributed by atoms with E-state index >= 15 is 0 Å². The second kappa shape index (κ2) is 9.75. The number of carbonyl (C=O) groups excluding carboxylic acids is 1. The van der Waals surface area contributed by atoms with Crippen LogP contribution in [0.4, 0.5) is 0 Å². The molecule has 3 heterocycles. The molecule has 0 radical (unpaired) electrons. The number of hydrogen-bond donors (Lipinski definition) is 0. The van der Waals surface area contributed by atoms with E-state index in [1.807, 2.05) is 41.3 Å². The maximum Gasteiger partial charge on any atom is 0.272 e. The van der Waals surface area contributed by atoms with E-state index in [2.05, 4.69) is 48.0 Å². The van der Waals surface area contributed by atoms with Crippen molar-refractivity contribution in [3.8, 4) is 5.75 Å². The zero-order valence-corrected chi connectivity index (χ0v) is 20.4. The maximum absolute atomic E-state index is 13.1. The number of carbonyl (C=O) groups is 1. The van der Waals surface area contributed by atoms with Crippen molar-refractivity contribution in [3.63, 3.8) is 0 Å². The topological polar surface area (TPSA) is 45.7 Å². The monoisotopic (exact) mass is 457 g/mol. The van der Waals surface area contributed by atoms with Crippen LogP contribution in [0.2, 0.25) is 0 Å². The van der Waals surface area contributed by atoms with Gasteiger partial charge in [0.2, 0.25) is 0 Å². The second-order valence-electron chi connectivity index (χ2n) is 10.5. The molecule has 1 spiro atoms. The number of piperidine rings is 1. The molecule has 5 heteroatoms. The molecule has 0 N–H and O–H groups in total. The van der Waals surface area contributed by atoms with Crippen molar-refractivity contribution >= 4 is 16.8 Å². The van der Waals surface area contributed by atoms with Gasteiger partial charge in [0.15, 0.2) is 0 Å². The number of amides is 1. The predicted octanol–water partition coefficient (Wildman–Crippen LogP) is 5.40. The van der Waals surface area contributed by atoms with Crippen LogP contribution >= 0.6 is 0 Å². The smallest absolute Gasteiger partial charge is 0.272 e. The van der Waals surface area contributed by atoms with Crippen LogP contribution in [0.15, 0.2) is 60.7 Å². The van der Waals surface area contributed by atoms with Gasteiger partial charge in [-0.05, 0) is 55.3 Å². The van der Waals surface area contributed by atoms with E-state index in [1.54, 1.807) is 0 Å². The normalized spacial score (nSPS) is 18.1. The molecule has 2 aromatic carbocycles. The molecule has 0 saturated carbocycles. The third-order valence-corrected chi connectivity index (χ3v) is 7.38. The highest BCUT2D eigenvalue weighted by Gasteiger charge is 2.41. The minimum absolute atomic E-state index is 0.0617. The van der Waals surface area contributed by atoms with E-state index in [-0.39, 0.29) is 5.91 Å². The van der Waals surface area contributed by atoms with Crippen molar-refractivity contribution < 1.29 is 9.53 Å². The fraction of sp³-hybridized carbons (Fsp3) is 0.448. The lowest BCUT2D eigenvalue weighted by atomic mass is 9.77. The lowest BCUT2D eigenvalue weighted by Crippen LogP contribution is -2.44. The van der Waals surface area contributed by atoms with Crippen molar-refractivity contribution in [3.05, 3.63) is 71.9 Å². The first-order chi connectivity index (χ1) is 16.5. The second-order valence-corrected chi connectivity index (χ2v) is 10.5. The van der Waals surface area contributed by atoms with Gasteiger partial charge in [-0.1, -0.05) is 56.3 Å². The summed E-state index contributed by atoms with van der Waals surface area (Å²) < 4.78 is 6.08. The Morgan fingerprint density at radius 1 is 0.971 bits per heavy atom. The minimum Gasteiger partial charge on any atom is -0.493 e. The first-order valence-electron chi connectivity index (χ1n) is 12.6. The summed E-state index contributed by atoms with van der Waals surface area (Å²) in [6.07, 6.45) is 3.33. The van der Waals surface area contributed by atoms with Crippen LogP contribution in [0, 0.1) is 11.3 Å². The highest BCUT2D eigenvalue weighted by atomic mass is 16.5. The quantitative estimate of drug-likeness (QED) is 0.497. The van der Waals surface area contributed by atoms with Crippen LogP contribution in [0.25, 0.3) is 10.9 Å². The van der Waals surface area contributed by atoms with Crippen LogP contribution in [0.1, 0.15) is 49.2 Å². The Kier molecular flexibility index (Phi) is 6.55. The van der Waals surface area contributed by atoms with Gasteiger partial charge in [-0.2, -0.15) is 0 Å². The fourth-order valence-corrected chi connectivity index (χ4v) is 5.37. The molecule has 34 heavy (non-hydrogen) atoms. The summed E-state index contributed by atoms with van der Waals surface area (Å²) in [4.78, 5) is 22.3. The molecular formula is C29H35N3O2. The summed E-state index contributed by atoms with van der Waals surface area (Å²) in [5.41, 5.74) is 3.03. The molecular weight excluding hydrogens is 422 g/mol. The summed E-state index contributed by atoms with van der Waals surface area (Å²) in [6, 6.07) is 20.3. The zero-order valence-electron chi connectivity index (χ0n) is 20.4. The Hall–Kier alpha value is -2.92. The molecule has 2 aliphatic heterocycles. The molecule has 5 nitrogen and oxygen atoms in total. The molecule has 0 aliphatic carbocycles. The van der Waals surface area contributed by atoms with Crippen molar-refractivity contribution in [1.82, 2.24) is 14.8 Å². The van der Waals surface area contributed by atoms with E-state index in [1.165, 1.54) is 12.0 Å². The van der Waals surface area contributed by atoms with Crippen molar-refractivity contribution in [2.75, 3.05) is 32.8 Å². The zero-order chi connectivity index (χ0) is 23.5. The summed E-state index contributed by atoms with van der Waals surface area (Å²) in [5, 5.41) is 1.07. The highest BCUT2D eigenvalue weighted by molar-refractivity contribution is 5.95. The van der Waals surface area contributed by atoms with Gasteiger partial charge in [-0.3, -0.25) is 9.69 Å². The predicted molar refractivity (Wildman–Crippen MR) is 136 cm³/mol. The van der Waals surface area contributed by atoms with Gasteiger partial charge < -0.3 is 9.64 Å². The highest BCUT2D eigenvalue weighted by Crippen LogP contribution is 2.41. The van der Waals surface area contributed by atoms with Crippen LogP contribution in [-0.2, 0) is 6.54 Å². The van der Waals surface area contributed by atoms with E-state index in [0.29, 0.717) is 17.0 Å². The summed E-state index contributed by atoms with van der Waals surface area (Å²) in [5.74, 6) is 1.59. The summed E-state index contributed by atoms with van der Waals surface area (Å²) in [6.45, 7) is 9.88. The number of likely N-dealkylation sites (tertiary alicyclic amines) is 2. The Morgan fingerprint density at radius 3 is 2.53 bits per heavy atom. The van der Waals surface area contributed by atoms with Gasteiger partial charge >= 0.3 is 0 Å². The number of hydrogen-bond acceptors (Lipinski definition) is 4. The number of fused-ring (bicyclic) bond motifs is 1. The third kappa shape index (κ3) is 4.95. The van der Waals surface area contributed by atoms with Gasteiger partial charge in [0, 0.05) is 37.1 Å². The van der Waals surface area contributed by atoms with E-state index in [0.717, 1.165) is 68.8 Å². The van der Waals surface area contributed by atoms with Crippen molar-refractivity contribution in [1.29, 1.82) is 0 Å². The molecule has 1 aromatic heterocycles. The standard InChI is InChI=1S/C29H35N3O2/c1-22(2)20-34-27-10-6-4-8-24(27)19-31-16-13-29(21-31)14-17-32(18-15-29)28(33)26-12-11-23-7-3-5-9-25(23)30-26/h3-12,22H,13-21H2,1-2H3. The SMILES string of the molecule is CC(C)COc1ccccc1CN1CCC2(CCN(C(=O)c3ccc4ccccc4n3)CC2)C1. The van der Waals surface area contributed by atoms with E-state index < -0.39 is 0 Å². The largest absolute Gasteiger partial charge is 0.493 e. The lowest BCUT2D eigenvalue weighted by molar-refractivity contribution is 0.0582. The number of nitrogens with zero attached hydrogens (tertiary/aromatic N) is 3. The number of aromatic nitrogens is 1.